The van der Waals surface area contributed by atoms with Crippen LogP contribution in [-0.4, -0.2) is 51.4 Å². The summed E-state index contributed by atoms with van der Waals surface area (Å²) in [6.07, 6.45) is -5.20. The Morgan fingerprint density at radius 1 is 1.11 bits per heavy atom. The second-order valence-corrected chi connectivity index (χ2v) is 5.98. The molecular weight excluding hydrogens is 363 g/mol. The highest BCUT2D eigenvalue weighted by atomic mass is 19.1. The Labute approximate surface area is 152 Å². The van der Waals surface area contributed by atoms with E-state index in [1.807, 2.05) is 0 Å². The van der Waals surface area contributed by atoms with Crippen molar-refractivity contribution in [3.8, 4) is 11.5 Å². The minimum absolute atomic E-state index is 0.101. The molecular formula is C17H17FN2O7. The molecule has 1 aliphatic rings. The average Bonchev–Trinajstić information content (AvgIpc) is 2.64. The number of aliphatic hydroxyl groups excluding tert-OH is 3. The van der Waals surface area contributed by atoms with E-state index in [0.29, 0.717) is 0 Å². The van der Waals surface area contributed by atoms with Gasteiger partial charge in [0.05, 0.1) is 17.6 Å². The Morgan fingerprint density at radius 2 is 1.81 bits per heavy atom. The van der Waals surface area contributed by atoms with Crippen LogP contribution < -0.4 is 10.1 Å². The number of nitrogens with zero attached hydrogens (tertiary/aromatic N) is 1. The molecule has 0 radical (unpaired) electrons. The van der Waals surface area contributed by atoms with Gasteiger partial charge in [-0.25, -0.2) is 4.39 Å². The third kappa shape index (κ3) is 4.49. The molecule has 0 spiro atoms. The van der Waals surface area contributed by atoms with E-state index in [1.54, 1.807) is 0 Å². The zero-order valence-electron chi connectivity index (χ0n) is 13.9. The summed E-state index contributed by atoms with van der Waals surface area (Å²) < 4.78 is 23.7. The summed E-state index contributed by atoms with van der Waals surface area (Å²) in [4.78, 5) is 10.5. The van der Waals surface area contributed by atoms with Gasteiger partial charge in [-0.2, -0.15) is 0 Å². The van der Waals surface area contributed by atoms with Crippen LogP contribution in [-0.2, 0) is 4.74 Å². The first-order valence-corrected chi connectivity index (χ1v) is 7.99. The van der Waals surface area contributed by atoms with Gasteiger partial charge in [0, 0.05) is 17.8 Å². The lowest BCUT2D eigenvalue weighted by Crippen LogP contribution is -2.55. The lowest BCUT2D eigenvalue weighted by molar-refractivity contribution is -0.384. The van der Waals surface area contributed by atoms with Crippen LogP contribution >= 0.6 is 0 Å². The summed E-state index contributed by atoms with van der Waals surface area (Å²) in [7, 11) is 0. The van der Waals surface area contributed by atoms with Gasteiger partial charge in [-0.3, -0.25) is 10.1 Å². The highest BCUT2D eigenvalue weighted by molar-refractivity contribution is 5.57. The Balaban J connectivity index is 1.83. The summed E-state index contributed by atoms with van der Waals surface area (Å²) >= 11 is 0. The minimum Gasteiger partial charge on any atom is -0.457 e. The van der Waals surface area contributed by atoms with Crippen LogP contribution in [0.3, 0.4) is 0 Å². The van der Waals surface area contributed by atoms with Crippen LogP contribution in [0.25, 0.3) is 0 Å². The van der Waals surface area contributed by atoms with Gasteiger partial charge in [-0.1, -0.05) is 0 Å². The van der Waals surface area contributed by atoms with Crippen LogP contribution in [0.2, 0.25) is 0 Å². The number of hydrogen-bond acceptors (Lipinski definition) is 8. The standard InChI is InChI=1S/C17H17FN2O7/c18-9-1-3-12(4-2-9)27-13-6-10(5-11(7-13)20(24)25)19-17-16(23)15(22)14(21)8-26-17/h1-7,14-17,19,21-23H,8H2/t14-,15-,16+,17+/m0/s1. The molecule has 0 aromatic heterocycles. The van der Waals surface area contributed by atoms with Gasteiger partial charge < -0.3 is 30.1 Å². The Bertz CT molecular complexity index is 817. The molecule has 1 saturated heterocycles. The molecule has 3 rings (SSSR count). The van der Waals surface area contributed by atoms with E-state index >= 15 is 0 Å². The van der Waals surface area contributed by atoms with Crippen molar-refractivity contribution >= 4 is 11.4 Å². The van der Waals surface area contributed by atoms with Crippen LogP contribution in [0.4, 0.5) is 15.8 Å². The normalized spacial score (nSPS) is 25.0. The molecule has 1 aliphatic heterocycles. The summed E-state index contributed by atoms with van der Waals surface area (Å²) in [6.45, 7) is -0.218. The van der Waals surface area contributed by atoms with E-state index in [2.05, 4.69) is 5.32 Å². The number of nitrogens with one attached hydrogen (secondary N) is 1. The van der Waals surface area contributed by atoms with E-state index in [1.165, 1.54) is 42.5 Å². The number of hydrogen-bond donors (Lipinski definition) is 4. The van der Waals surface area contributed by atoms with E-state index in [4.69, 9.17) is 9.47 Å². The molecule has 10 heteroatoms. The van der Waals surface area contributed by atoms with Gasteiger partial charge in [0.25, 0.3) is 5.69 Å². The van der Waals surface area contributed by atoms with E-state index in [9.17, 15) is 29.8 Å². The van der Waals surface area contributed by atoms with Crippen molar-refractivity contribution in [1.82, 2.24) is 0 Å². The zero-order valence-corrected chi connectivity index (χ0v) is 13.9. The van der Waals surface area contributed by atoms with E-state index in [0.717, 1.165) is 0 Å². The number of rotatable bonds is 5. The topological polar surface area (TPSA) is 134 Å². The van der Waals surface area contributed by atoms with Crippen LogP contribution in [0.1, 0.15) is 0 Å². The maximum absolute atomic E-state index is 13.0. The SMILES string of the molecule is O=[N+]([O-])c1cc(N[C@@H]2OC[C@H](O)[C@H](O)[C@H]2O)cc(Oc2ccc(F)cc2)c1. The largest absolute Gasteiger partial charge is 0.457 e. The molecule has 2 aromatic rings. The lowest BCUT2D eigenvalue weighted by atomic mass is 10.0. The summed E-state index contributed by atoms with van der Waals surface area (Å²) in [5, 5.41) is 43.1. The highest BCUT2D eigenvalue weighted by Crippen LogP contribution is 2.31. The van der Waals surface area contributed by atoms with Crippen molar-refractivity contribution in [2.75, 3.05) is 11.9 Å². The second kappa shape index (κ2) is 7.84. The number of anilines is 1. The fraction of sp³-hybridized carbons (Fsp3) is 0.294. The maximum atomic E-state index is 13.0. The fourth-order valence-electron chi connectivity index (χ4n) is 2.57. The van der Waals surface area contributed by atoms with E-state index in [-0.39, 0.29) is 29.5 Å². The Hall–Kier alpha value is -2.79. The maximum Gasteiger partial charge on any atom is 0.275 e. The molecule has 1 heterocycles. The molecule has 9 nitrogen and oxygen atoms in total. The monoisotopic (exact) mass is 380 g/mol. The predicted molar refractivity (Wildman–Crippen MR) is 91.0 cm³/mol. The number of halogens is 1. The van der Waals surface area contributed by atoms with Crippen molar-refractivity contribution < 1.29 is 34.1 Å². The Morgan fingerprint density at radius 3 is 2.48 bits per heavy atom. The predicted octanol–water partition coefficient (Wildman–Crippen LogP) is 1.38. The van der Waals surface area contributed by atoms with Crippen LogP contribution in [0, 0.1) is 15.9 Å². The molecule has 2 aromatic carbocycles. The average molecular weight is 380 g/mol. The van der Waals surface area contributed by atoms with Crippen molar-refractivity contribution in [3.05, 3.63) is 58.4 Å². The smallest absolute Gasteiger partial charge is 0.275 e. The summed E-state index contributed by atoms with van der Waals surface area (Å²) in [5.74, 6) is -0.0764. The third-order valence-corrected chi connectivity index (χ3v) is 3.96. The van der Waals surface area contributed by atoms with Crippen molar-refractivity contribution in [2.45, 2.75) is 24.5 Å². The zero-order chi connectivity index (χ0) is 19.6. The second-order valence-electron chi connectivity index (χ2n) is 5.98. The lowest BCUT2D eigenvalue weighted by Gasteiger charge is -2.35. The molecule has 0 amide bonds. The van der Waals surface area contributed by atoms with E-state index < -0.39 is 35.3 Å². The molecule has 144 valence electrons. The first-order chi connectivity index (χ1) is 12.8. The third-order valence-electron chi connectivity index (χ3n) is 3.96. The molecule has 4 N–H and O–H groups in total. The minimum atomic E-state index is -1.45. The van der Waals surface area contributed by atoms with Gasteiger partial charge in [0.1, 0.15) is 35.6 Å². The van der Waals surface area contributed by atoms with Gasteiger partial charge in [-0.05, 0) is 24.3 Å². The molecule has 4 atom stereocenters. The number of ether oxygens (including phenoxy) is 2. The molecule has 0 bridgehead atoms. The van der Waals surface area contributed by atoms with Crippen molar-refractivity contribution in [3.63, 3.8) is 0 Å². The fourth-order valence-corrected chi connectivity index (χ4v) is 2.57. The summed E-state index contributed by atoms with van der Waals surface area (Å²) in [6, 6.07) is 8.91. The number of nitro groups is 1. The van der Waals surface area contributed by atoms with Crippen LogP contribution in [0.15, 0.2) is 42.5 Å². The first-order valence-electron chi connectivity index (χ1n) is 7.99. The van der Waals surface area contributed by atoms with Gasteiger partial charge in [-0.15, -0.1) is 0 Å². The number of nitro benzene ring substituents is 1. The first kappa shape index (κ1) is 19.0. The highest BCUT2D eigenvalue weighted by Gasteiger charge is 2.37. The Kier molecular flexibility index (Phi) is 5.51. The van der Waals surface area contributed by atoms with Crippen LogP contribution in [0.5, 0.6) is 11.5 Å². The number of non-ortho nitro benzene ring substituents is 1. The van der Waals surface area contributed by atoms with Gasteiger partial charge in [0.2, 0.25) is 0 Å². The molecule has 1 fully saturated rings. The number of benzene rings is 2. The molecule has 27 heavy (non-hydrogen) atoms. The molecule has 0 aliphatic carbocycles. The quantitative estimate of drug-likeness (QED) is 0.451. The van der Waals surface area contributed by atoms with Gasteiger partial charge in [0.15, 0.2) is 6.23 Å². The number of aliphatic hydroxyl groups is 3. The molecule has 0 saturated carbocycles. The summed E-state index contributed by atoms with van der Waals surface area (Å²) in [5.41, 5.74) is -0.100. The van der Waals surface area contributed by atoms with Gasteiger partial charge >= 0.3 is 0 Å². The molecule has 0 unspecified atom stereocenters. The van der Waals surface area contributed by atoms with Crippen molar-refractivity contribution in [2.24, 2.45) is 0 Å². The van der Waals surface area contributed by atoms with Crippen molar-refractivity contribution in [1.29, 1.82) is 0 Å².